The van der Waals surface area contributed by atoms with E-state index >= 15 is 0 Å². The molecule has 1 heterocycles. The molecule has 1 amide bonds. The number of benzene rings is 2. The van der Waals surface area contributed by atoms with Gasteiger partial charge in [-0.25, -0.2) is 4.98 Å². The van der Waals surface area contributed by atoms with Crippen LogP contribution in [0.25, 0.3) is 10.9 Å². The van der Waals surface area contributed by atoms with Crippen LogP contribution >= 0.6 is 11.8 Å². The second-order valence-corrected chi connectivity index (χ2v) is 8.02. The molecule has 3 rings (SSSR count). The lowest BCUT2D eigenvalue weighted by Gasteiger charge is -2.17. The number of rotatable bonds is 6. The highest BCUT2D eigenvalue weighted by molar-refractivity contribution is 8.00. The molecule has 140 valence electrons. The van der Waals surface area contributed by atoms with Crippen LogP contribution in [0, 0.1) is 0 Å². The van der Waals surface area contributed by atoms with Crippen molar-refractivity contribution in [3.8, 4) is 0 Å². The minimum atomic E-state index is -0.359. The minimum Gasteiger partial charge on any atom is -0.353 e. The van der Waals surface area contributed by atoms with Crippen molar-refractivity contribution in [3.63, 3.8) is 0 Å². The van der Waals surface area contributed by atoms with E-state index in [4.69, 9.17) is 0 Å². The largest absolute Gasteiger partial charge is 0.353 e. The molecule has 0 saturated carbocycles. The summed E-state index contributed by atoms with van der Waals surface area (Å²) in [5.41, 5.74) is 1.56. The molecule has 1 unspecified atom stereocenters. The van der Waals surface area contributed by atoms with Gasteiger partial charge in [0, 0.05) is 6.04 Å². The minimum absolute atomic E-state index is 0.0660. The molecule has 1 atom stereocenters. The predicted octanol–water partition coefficient (Wildman–Crippen LogP) is 3.45. The molecule has 0 saturated heterocycles. The maximum absolute atomic E-state index is 13.1. The van der Waals surface area contributed by atoms with E-state index in [1.54, 1.807) is 10.6 Å². The van der Waals surface area contributed by atoms with Gasteiger partial charge in [0.15, 0.2) is 5.16 Å². The Kier molecular flexibility index (Phi) is 5.96. The van der Waals surface area contributed by atoms with Gasteiger partial charge in [-0.3, -0.25) is 14.2 Å². The molecule has 1 N–H and O–H groups in total. The number of nitrogens with zero attached hydrogens (tertiary/aromatic N) is 2. The van der Waals surface area contributed by atoms with Crippen LogP contribution in [0.5, 0.6) is 0 Å². The van der Waals surface area contributed by atoms with E-state index in [0.717, 1.165) is 5.56 Å². The Bertz CT molecular complexity index is 999. The van der Waals surface area contributed by atoms with Crippen LogP contribution in [0.3, 0.4) is 0 Å². The lowest BCUT2D eigenvalue weighted by molar-refractivity contribution is -0.120. The number of amides is 1. The van der Waals surface area contributed by atoms with Gasteiger partial charge in [0.1, 0.15) is 0 Å². The number of fused-ring (bicyclic) bond motifs is 1. The van der Waals surface area contributed by atoms with Gasteiger partial charge in [-0.1, -0.05) is 54.2 Å². The smallest absolute Gasteiger partial charge is 0.262 e. The monoisotopic (exact) mass is 381 g/mol. The third kappa shape index (κ3) is 4.57. The third-order valence-corrected chi connectivity index (χ3v) is 5.18. The highest BCUT2D eigenvalue weighted by Gasteiger charge is 2.20. The van der Waals surface area contributed by atoms with Gasteiger partial charge in [0.25, 0.3) is 5.56 Å². The lowest BCUT2D eigenvalue weighted by Crippen LogP contribution is -2.36. The van der Waals surface area contributed by atoms with Crippen molar-refractivity contribution in [1.82, 2.24) is 14.9 Å². The number of hydrogen-bond acceptors (Lipinski definition) is 4. The molecule has 6 heteroatoms. The van der Waals surface area contributed by atoms with Crippen LogP contribution in [0.15, 0.2) is 64.5 Å². The van der Waals surface area contributed by atoms with Crippen LogP contribution in [0.1, 0.15) is 26.3 Å². The van der Waals surface area contributed by atoms with E-state index in [0.29, 0.717) is 22.6 Å². The number of nitrogens with one attached hydrogen (secondary N) is 1. The molecule has 5 nitrogen and oxygen atoms in total. The topological polar surface area (TPSA) is 64.0 Å². The average molecular weight is 382 g/mol. The van der Waals surface area contributed by atoms with Gasteiger partial charge in [-0.05, 0) is 38.5 Å². The summed E-state index contributed by atoms with van der Waals surface area (Å²) >= 11 is 1.31. The van der Waals surface area contributed by atoms with Crippen molar-refractivity contribution >= 4 is 28.6 Å². The Morgan fingerprint density at radius 1 is 1.07 bits per heavy atom. The second-order valence-electron chi connectivity index (χ2n) is 6.71. The van der Waals surface area contributed by atoms with Crippen molar-refractivity contribution in [3.05, 3.63) is 70.5 Å². The second kappa shape index (κ2) is 8.39. The first kappa shape index (κ1) is 19.2. The first-order valence-electron chi connectivity index (χ1n) is 8.96. The number of hydrogen-bond donors (Lipinski definition) is 1. The summed E-state index contributed by atoms with van der Waals surface area (Å²) in [6.45, 7) is 6.10. The first-order chi connectivity index (χ1) is 13.0. The predicted molar refractivity (Wildman–Crippen MR) is 110 cm³/mol. The Morgan fingerprint density at radius 3 is 2.44 bits per heavy atom. The van der Waals surface area contributed by atoms with E-state index in [1.165, 1.54) is 11.8 Å². The van der Waals surface area contributed by atoms with E-state index in [1.807, 2.05) is 69.3 Å². The van der Waals surface area contributed by atoms with Gasteiger partial charge < -0.3 is 5.32 Å². The van der Waals surface area contributed by atoms with Crippen LogP contribution in [-0.4, -0.2) is 26.8 Å². The molecule has 1 aromatic heterocycles. The summed E-state index contributed by atoms with van der Waals surface area (Å²) in [5, 5.41) is 3.68. The molecule has 2 aromatic carbocycles. The standard InChI is InChI=1S/C21H23N3O2S/c1-14(2)22-19(25)15(3)27-21-23-18-12-8-7-11-17(18)20(26)24(21)13-16-9-5-4-6-10-16/h4-12,14-15H,13H2,1-3H3,(H,22,25). The normalized spacial score (nSPS) is 12.3. The fourth-order valence-corrected chi connectivity index (χ4v) is 3.67. The Morgan fingerprint density at radius 2 is 1.74 bits per heavy atom. The SMILES string of the molecule is CC(C)NC(=O)C(C)Sc1nc2ccccc2c(=O)n1Cc1ccccc1. The molecular weight excluding hydrogens is 358 g/mol. The molecule has 0 radical (unpaired) electrons. The van der Waals surface area contributed by atoms with Crippen LogP contribution in [0.2, 0.25) is 0 Å². The van der Waals surface area contributed by atoms with Gasteiger partial charge in [-0.2, -0.15) is 0 Å². The molecule has 0 fully saturated rings. The number of thioether (sulfide) groups is 1. The van der Waals surface area contributed by atoms with E-state index < -0.39 is 0 Å². The summed E-state index contributed by atoms with van der Waals surface area (Å²) in [5.74, 6) is -0.0660. The third-order valence-electron chi connectivity index (χ3n) is 4.09. The van der Waals surface area contributed by atoms with E-state index in [-0.39, 0.29) is 22.8 Å². The van der Waals surface area contributed by atoms with Gasteiger partial charge >= 0.3 is 0 Å². The molecular formula is C21H23N3O2S. The molecule has 0 aliphatic carbocycles. The summed E-state index contributed by atoms with van der Waals surface area (Å²) in [6, 6.07) is 17.2. The zero-order valence-electron chi connectivity index (χ0n) is 15.7. The van der Waals surface area contributed by atoms with Crippen molar-refractivity contribution in [2.45, 2.75) is 43.8 Å². The lowest BCUT2D eigenvalue weighted by atomic mass is 10.2. The summed E-state index contributed by atoms with van der Waals surface area (Å²) in [4.78, 5) is 30.1. The average Bonchev–Trinajstić information content (AvgIpc) is 2.65. The highest BCUT2D eigenvalue weighted by Crippen LogP contribution is 2.23. The number of carbonyl (C=O) groups excluding carboxylic acids is 1. The van der Waals surface area contributed by atoms with Crippen LogP contribution in [0.4, 0.5) is 0 Å². The number of carbonyl (C=O) groups is 1. The molecule has 0 aliphatic rings. The number of para-hydroxylation sites is 1. The quantitative estimate of drug-likeness (QED) is 0.525. The Labute approximate surface area is 162 Å². The van der Waals surface area contributed by atoms with Gasteiger partial charge in [-0.15, -0.1) is 0 Å². The van der Waals surface area contributed by atoms with E-state index in [2.05, 4.69) is 10.3 Å². The Hall–Kier alpha value is -2.60. The van der Waals surface area contributed by atoms with Crippen LogP contribution in [-0.2, 0) is 11.3 Å². The fraction of sp³-hybridized carbons (Fsp3) is 0.286. The molecule has 0 aliphatic heterocycles. The van der Waals surface area contributed by atoms with Crippen molar-refractivity contribution in [2.24, 2.45) is 0 Å². The maximum atomic E-state index is 13.1. The summed E-state index contributed by atoms with van der Waals surface area (Å²) in [7, 11) is 0. The van der Waals surface area contributed by atoms with Gasteiger partial charge in [0.2, 0.25) is 5.91 Å². The van der Waals surface area contributed by atoms with Gasteiger partial charge in [0.05, 0.1) is 22.7 Å². The summed E-state index contributed by atoms with van der Waals surface area (Å²) < 4.78 is 1.65. The molecule has 27 heavy (non-hydrogen) atoms. The van der Waals surface area contributed by atoms with Crippen molar-refractivity contribution in [2.75, 3.05) is 0 Å². The molecule has 0 bridgehead atoms. The van der Waals surface area contributed by atoms with Crippen molar-refractivity contribution < 1.29 is 4.79 Å². The Balaban J connectivity index is 2.02. The zero-order chi connectivity index (χ0) is 19.4. The number of aromatic nitrogens is 2. The fourth-order valence-electron chi connectivity index (χ4n) is 2.76. The zero-order valence-corrected chi connectivity index (χ0v) is 16.5. The van der Waals surface area contributed by atoms with Crippen LogP contribution < -0.4 is 10.9 Å². The van der Waals surface area contributed by atoms with E-state index in [9.17, 15) is 9.59 Å². The van der Waals surface area contributed by atoms with Crippen molar-refractivity contribution in [1.29, 1.82) is 0 Å². The molecule has 0 spiro atoms. The highest BCUT2D eigenvalue weighted by atomic mass is 32.2. The first-order valence-corrected chi connectivity index (χ1v) is 9.84. The maximum Gasteiger partial charge on any atom is 0.262 e. The summed E-state index contributed by atoms with van der Waals surface area (Å²) in [6.07, 6.45) is 0. The molecule has 3 aromatic rings.